The highest BCUT2D eigenvalue weighted by molar-refractivity contribution is 9.10. The van der Waals surface area contributed by atoms with Crippen LogP contribution in [0.5, 0.6) is 17.2 Å². The lowest BCUT2D eigenvalue weighted by Gasteiger charge is -2.17. The minimum Gasteiger partial charge on any atom is -0.497 e. The van der Waals surface area contributed by atoms with Gasteiger partial charge in [0.25, 0.3) is 0 Å². The highest BCUT2D eigenvalue weighted by Gasteiger charge is 2.17. The van der Waals surface area contributed by atoms with Gasteiger partial charge < -0.3 is 19.3 Å². The summed E-state index contributed by atoms with van der Waals surface area (Å²) in [5.41, 5.74) is 1.38. The van der Waals surface area contributed by atoms with Crippen LogP contribution >= 0.6 is 15.9 Å². The lowest BCUT2D eigenvalue weighted by atomic mass is 10.00. The summed E-state index contributed by atoms with van der Waals surface area (Å²) in [6.07, 6.45) is -0.822. The Kier molecular flexibility index (Phi) is 5.09. The Hall–Kier alpha value is -1.72. The van der Waals surface area contributed by atoms with E-state index < -0.39 is 6.10 Å². The first-order valence-corrected chi connectivity index (χ1v) is 7.13. The van der Waals surface area contributed by atoms with Gasteiger partial charge in [-0.3, -0.25) is 0 Å². The molecule has 1 unspecified atom stereocenters. The predicted molar refractivity (Wildman–Crippen MR) is 84.3 cm³/mol. The maximum absolute atomic E-state index is 10.6. The van der Waals surface area contributed by atoms with Crippen LogP contribution < -0.4 is 14.2 Å². The molecule has 1 atom stereocenters. The van der Waals surface area contributed by atoms with E-state index in [4.69, 9.17) is 14.2 Å². The zero-order valence-corrected chi connectivity index (χ0v) is 13.7. The largest absolute Gasteiger partial charge is 0.497 e. The van der Waals surface area contributed by atoms with E-state index in [2.05, 4.69) is 15.9 Å². The number of benzene rings is 2. The second-order valence-electron chi connectivity index (χ2n) is 4.40. The van der Waals surface area contributed by atoms with Crippen LogP contribution in [0, 0.1) is 0 Å². The molecular weight excluding hydrogens is 336 g/mol. The molecule has 4 nitrogen and oxygen atoms in total. The number of aliphatic hydroxyl groups excluding tert-OH is 1. The normalized spacial score (nSPS) is 11.9. The third kappa shape index (κ3) is 3.31. The molecule has 0 heterocycles. The van der Waals surface area contributed by atoms with Gasteiger partial charge in [0.1, 0.15) is 23.4 Å². The minimum absolute atomic E-state index is 0.607. The maximum Gasteiger partial charge on any atom is 0.133 e. The average molecular weight is 353 g/mol. The minimum atomic E-state index is -0.822. The highest BCUT2D eigenvalue weighted by atomic mass is 79.9. The van der Waals surface area contributed by atoms with Crippen LogP contribution in [-0.4, -0.2) is 26.4 Å². The molecule has 0 amide bonds. The first-order chi connectivity index (χ1) is 10.1. The van der Waals surface area contributed by atoms with Crippen molar-refractivity contribution in [1.82, 2.24) is 0 Å². The summed E-state index contributed by atoms with van der Waals surface area (Å²) in [6.45, 7) is 0. The quantitative estimate of drug-likeness (QED) is 0.893. The summed E-state index contributed by atoms with van der Waals surface area (Å²) in [4.78, 5) is 0. The topological polar surface area (TPSA) is 47.9 Å². The summed E-state index contributed by atoms with van der Waals surface area (Å²) in [5.74, 6) is 1.98. The number of hydrogen-bond donors (Lipinski definition) is 1. The molecule has 0 aliphatic heterocycles. The number of rotatable bonds is 5. The first kappa shape index (κ1) is 15.7. The molecule has 0 radical (unpaired) electrons. The van der Waals surface area contributed by atoms with E-state index in [9.17, 15) is 5.11 Å². The standard InChI is InChI=1S/C16H17BrO4/c1-19-11-5-7-14(20-2)12(9-11)16(18)10-4-6-15(21-3)13(17)8-10/h4-9,16,18H,1-3H3. The number of ether oxygens (including phenoxy) is 3. The molecule has 2 aromatic carbocycles. The van der Waals surface area contributed by atoms with E-state index in [1.165, 1.54) is 0 Å². The van der Waals surface area contributed by atoms with E-state index in [-0.39, 0.29) is 0 Å². The molecule has 0 bridgehead atoms. The third-order valence-electron chi connectivity index (χ3n) is 3.22. The van der Waals surface area contributed by atoms with E-state index in [1.807, 2.05) is 12.1 Å². The predicted octanol–water partition coefficient (Wildman–Crippen LogP) is 3.56. The van der Waals surface area contributed by atoms with E-state index >= 15 is 0 Å². The van der Waals surface area contributed by atoms with E-state index in [1.54, 1.807) is 45.6 Å². The van der Waals surface area contributed by atoms with Crippen molar-refractivity contribution >= 4 is 15.9 Å². The van der Waals surface area contributed by atoms with Crippen LogP contribution in [0.2, 0.25) is 0 Å². The molecular formula is C16H17BrO4. The zero-order valence-electron chi connectivity index (χ0n) is 12.1. The van der Waals surface area contributed by atoms with E-state index in [0.717, 1.165) is 10.0 Å². The van der Waals surface area contributed by atoms with Crippen LogP contribution in [0.3, 0.4) is 0 Å². The Balaban J connectivity index is 2.43. The third-order valence-corrected chi connectivity index (χ3v) is 3.84. The van der Waals surface area contributed by atoms with Crippen molar-refractivity contribution in [2.45, 2.75) is 6.10 Å². The molecule has 0 aromatic heterocycles. The lowest BCUT2D eigenvalue weighted by Crippen LogP contribution is -2.03. The SMILES string of the molecule is COc1ccc(OC)c(C(O)c2ccc(OC)c(Br)c2)c1. The second kappa shape index (κ2) is 6.83. The molecule has 1 N–H and O–H groups in total. The van der Waals surface area contributed by atoms with Crippen molar-refractivity contribution in [2.75, 3.05) is 21.3 Å². The fourth-order valence-electron chi connectivity index (χ4n) is 2.09. The smallest absolute Gasteiger partial charge is 0.133 e. The van der Waals surface area contributed by atoms with Gasteiger partial charge in [0.15, 0.2) is 0 Å². The molecule has 21 heavy (non-hydrogen) atoms. The van der Waals surface area contributed by atoms with Gasteiger partial charge in [-0.25, -0.2) is 0 Å². The second-order valence-corrected chi connectivity index (χ2v) is 5.26. The lowest BCUT2D eigenvalue weighted by molar-refractivity contribution is 0.214. The fourth-order valence-corrected chi connectivity index (χ4v) is 2.64. The van der Waals surface area contributed by atoms with Gasteiger partial charge in [-0.05, 0) is 51.8 Å². The van der Waals surface area contributed by atoms with Gasteiger partial charge in [0.2, 0.25) is 0 Å². The monoisotopic (exact) mass is 352 g/mol. The van der Waals surface area contributed by atoms with Crippen LogP contribution in [0.4, 0.5) is 0 Å². The Labute approximate surface area is 132 Å². The molecule has 0 saturated carbocycles. The van der Waals surface area contributed by atoms with Crippen molar-refractivity contribution in [2.24, 2.45) is 0 Å². The molecule has 0 fully saturated rings. The molecule has 2 aromatic rings. The highest BCUT2D eigenvalue weighted by Crippen LogP contribution is 2.35. The maximum atomic E-state index is 10.6. The summed E-state index contributed by atoms with van der Waals surface area (Å²) in [6, 6.07) is 10.8. The molecule has 112 valence electrons. The number of aliphatic hydroxyl groups is 1. The Morgan fingerprint density at radius 2 is 1.57 bits per heavy atom. The molecule has 0 aliphatic carbocycles. The summed E-state index contributed by atoms with van der Waals surface area (Å²) >= 11 is 3.42. The van der Waals surface area contributed by atoms with Crippen LogP contribution in [0.1, 0.15) is 17.2 Å². The Morgan fingerprint density at radius 3 is 2.14 bits per heavy atom. The average Bonchev–Trinajstić information content (AvgIpc) is 2.53. The first-order valence-electron chi connectivity index (χ1n) is 6.34. The van der Waals surface area contributed by atoms with Crippen molar-refractivity contribution in [3.63, 3.8) is 0 Å². The summed E-state index contributed by atoms with van der Waals surface area (Å²) in [7, 11) is 4.76. The fraction of sp³-hybridized carbons (Fsp3) is 0.250. The number of hydrogen-bond acceptors (Lipinski definition) is 4. The van der Waals surface area contributed by atoms with Crippen LogP contribution in [0.15, 0.2) is 40.9 Å². The van der Waals surface area contributed by atoms with Crippen molar-refractivity contribution < 1.29 is 19.3 Å². The Bertz CT molecular complexity index is 628. The van der Waals surface area contributed by atoms with Crippen LogP contribution in [-0.2, 0) is 0 Å². The molecule has 2 rings (SSSR count). The molecule has 0 aliphatic rings. The van der Waals surface area contributed by atoms with Gasteiger partial charge in [-0.2, -0.15) is 0 Å². The van der Waals surface area contributed by atoms with E-state index in [0.29, 0.717) is 22.8 Å². The van der Waals surface area contributed by atoms with Gasteiger partial charge in [-0.1, -0.05) is 6.07 Å². The van der Waals surface area contributed by atoms with Crippen molar-refractivity contribution in [3.05, 3.63) is 52.0 Å². The van der Waals surface area contributed by atoms with Gasteiger partial charge in [0, 0.05) is 5.56 Å². The van der Waals surface area contributed by atoms with Crippen molar-refractivity contribution in [1.29, 1.82) is 0 Å². The van der Waals surface area contributed by atoms with Crippen molar-refractivity contribution in [3.8, 4) is 17.2 Å². The number of halogens is 1. The Morgan fingerprint density at radius 1 is 0.905 bits per heavy atom. The summed E-state index contributed by atoms with van der Waals surface area (Å²) in [5, 5.41) is 10.6. The van der Waals surface area contributed by atoms with Gasteiger partial charge >= 0.3 is 0 Å². The van der Waals surface area contributed by atoms with Crippen LogP contribution in [0.25, 0.3) is 0 Å². The molecule has 0 saturated heterocycles. The van der Waals surface area contributed by atoms with Gasteiger partial charge in [0.05, 0.1) is 25.8 Å². The zero-order chi connectivity index (χ0) is 15.4. The van der Waals surface area contributed by atoms with Gasteiger partial charge in [-0.15, -0.1) is 0 Å². The summed E-state index contributed by atoms with van der Waals surface area (Å²) < 4.78 is 16.5. The number of methoxy groups -OCH3 is 3. The molecule has 5 heteroatoms. The molecule has 0 spiro atoms.